The highest BCUT2D eigenvalue weighted by Crippen LogP contribution is 2.50. The molecule has 1 aromatic carbocycles. The van der Waals surface area contributed by atoms with Gasteiger partial charge in [0.25, 0.3) is 0 Å². The van der Waals surface area contributed by atoms with E-state index < -0.39 is 0 Å². The highest BCUT2D eigenvalue weighted by Gasteiger charge is 2.41. The summed E-state index contributed by atoms with van der Waals surface area (Å²) in [5, 5.41) is 3.64. The molecule has 0 aromatic heterocycles. The van der Waals surface area contributed by atoms with Crippen LogP contribution < -0.4 is 5.32 Å². The first-order valence-electron chi connectivity index (χ1n) is 8.07. The molecular weight excluding hydrogens is 230 g/mol. The molecular formula is C18H27N. The van der Waals surface area contributed by atoms with Crippen LogP contribution in [0.25, 0.3) is 0 Å². The Morgan fingerprint density at radius 1 is 1.05 bits per heavy atom. The van der Waals surface area contributed by atoms with Gasteiger partial charge in [0.05, 0.1) is 0 Å². The van der Waals surface area contributed by atoms with Crippen LogP contribution in [0.1, 0.15) is 62.0 Å². The van der Waals surface area contributed by atoms with Crippen molar-refractivity contribution < 1.29 is 0 Å². The van der Waals surface area contributed by atoms with Crippen LogP contribution in [0.5, 0.6) is 0 Å². The number of piperidine rings is 1. The summed E-state index contributed by atoms with van der Waals surface area (Å²) in [5.74, 6) is 0.735. The maximum absolute atomic E-state index is 3.64. The summed E-state index contributed by atoms with van der Waals surface area (Å²) in [7, 11) is 0. The molecule has 1 aromatic rings. The fourth-order valence-electron chi connectivity index (χ4n) is 4.36. The lowest BCUT2D eigenvalue weighted by atomic mass is 9.63. The Balaban J connectivity index is 1.91. The molecule has 1 heterocycles. The maximum atomic E-state index is 3.64. The third kappa shape index (κ3) is 2.72. The molecule has 1 aliphatic carbocycles. The average molecular weight is 257 g/mol. The fourth-order valence-corrected chi connectivity index (χ4v) is 4.36. The van der Waals surface area contributed by atoms with Crippen molar-refractivity contribution in [2.75, 3.05) is 13.1 Å². The topological polar surface area (TPSA) is 12.0 Å². The van der Waals surface area contributed by atoms with Crippen molar-refractivity contribution in [1.29, 1.82) is 0 Å². The number of aryl methyl sites for hydroxylation is 1. The Kier molecular flexibility index (Phi) is 3.93. The summed E-state index contributed by atoms with van der Waals surface area (Å²) in [6.45, 7) is 4.63. The standard InChI is InChI=1S/C18H27N/c1-15-7-6-8-16(13-15)17-14-19-12-11-18(17)9-4-2-3-5-10-18/h6-8,13,17,19H,2-5,9-12,14H2,1H3. The van der Waals surface area contributed by atoms with Crippen molar-refractivity contribution in [3.05, 3.63) is 35.4 Å². The molecule has 1 saturated carbocycles. The largest absolute Gasteiger partial charge is 0.316 e. The predicted molar refractivity (Wildman–Crippen MR) is 81.5 cm³/mol. The molecule has 1 saturated heterocycles. The summed E-state index contributed by atoms with van der Waals surface area (Å²) in [5.41, 5.74) is 3.58. The zero-order chi connectivity index (χ0) is 13.1. The normalized spacial score (nSPS) is 27.1. The summed E-state index contributed by atoms with van der Waals surface area (Å²) in [6, 6.07) is 9.24. The van der Waals surface area contributed by atoms with E-state index in [1.165, 1.54) is 63.6 Å². The van der Waals surface area contributed by atoms with Gasteiger partial charge in [0.15, 0.2) is 0 Å². The van der Waals surface area contributed by atoms with Gasteiger partial charge in [-0.2, -0.15) is 0 Å². The molecule has 1 heteroatoms. The molecule has 1 N–H and O–H groups in total. The minimum Gasteiger partial charge on any atom is -0.316 e. The van der Waals surface area contributed by atoms with Crippen LogP contribution in [-0.2, 0) is 0 Å². The summed E-state index contributed by atoms with van der Waals surface area (Å²) < 4.78 is 0. The van der Waals surface area contributed by atoms with E-state index >= 15 is 0 Å². The Bertz CT molecular complexity index is 415. The Hall–Kier alpha value is -0.820. The van der Waals surface area contributed by atoms with Crippen LogP contribution in [0.3, 0.4) is 0 Å². The van der Waals surface area contributed by atoms with E-state index in [0.29, 0.717) is 5.41 Å². The van der Waals surface area contributed by atoms with Gasteiger partial charge < -0.3 is 5.32 Å². The monoisotopic (exact) mass is 257 g/mol. The first kappa shape index (κ1) is 13.2. The zero-order valence-corrected chi connectivity index (χ0v) is 12.3. The summed E-state index contributed by atoms with van der Waals surface area (Å²) in [6.07, 6.45) is 10.1. The molecule has 2 aliphatic rings. The van der Waals surface area contributed by atoms with Crippen LogP contribution >= 0.6 is 0 Å². The number of nitrogens with one attached hydrogen (secondary N) is 1. The van der Waals surface area contributed by atoms with Crippen LogP contribution in [0.15, 0.2) is 24.3 Å². The van der Waals surface area contributed by atoms with Gasteiger partial charge in [-0.25, -0.2) is 0 Å². The van der Waals surface area contributed by atoms with E-state index in [4.69, 9.17) is 0 Å². The molecule has 2 fully saturated rings. The third-order valence-electron chi connectivity index (χ3n) is 5.43. The van der Waals surface area contributed by atoms with Crippen molar-refractivity contribution in [2.45, 2.75) is 57.8 Å². The molecule has 104 valence electrons. The smallest absolute Gasteiger partial charge is 0.00255 e. The first-order chi connectivity index (χ1) is 9.30. The quantitative estimate of drug-likeness (QED) is 0.785. The highest BCUT2D eigenvalue weighted by atomic mass is 14.9. The maximum Gasteiger partial charge on any atom is 0.00255 e. The van der Waals surface area contributed by atoms with E-state index in [1.807, 2.05) is 0 Å². The molecule has 0 bridgehead atoms. The minimum atomic E-state index is 0.593. The molecule has 0 radical (unpaired) electrons. The second-order valence-corrected chi connectivity index (χ2v) is 6.70. The number of rotatable bonds is 1. The van der Waals surface area contributed by atoms with Gasteiger partial charge in [0, 0.05) is 12.5 Å². The van der Waals surface area contributed by atoms with E-state index in [1.54, 1.807) is 5.56 Å². The fraction of sp³-hybridized carbons (Fsp3) is 0.667. The second-order valence-electron chi connectivity index (χ2n) is 6.70. The molecule has 3 rings (SSSR count). The molecule has 1 spiro atoms. The lowest BCUT2D eigenvalue weighted by Crippen LogP contribution is -2.43. The van der Waals surface area contributed by atoms with E-state index in [9.17, 15) is 0 Å². The van der Waals surface area contributed by atoms with E-state index in [-0.39, 0.29) is 0 Å². The van der Waals surface area contributed by atoms with Crippen LogP contribution in [0.4, 0.5) is 0 Å². The van der Waals surface area contributed by atoms with Crippen LogP contribution in [-0.4, -0.2) is 13.1 Å². The first-order valence-corrected chi connectivity index (χ1v) is 8.07. The van der Waals surface area contributed by atoms with Crippen LogP contribution in [0.2, 0.25) is 0 Å². The van der Waals surface area contributed by atoms with Crippen molar-refractivity contribution in [3.8, 4) is 0 Å². The lowest BCUT2D eigenvalue weighted by molar-refractivity contribution is 0.136. The minimum absolute atomic E-state index is 0.593. The van der Waals surface area contributed by atoms with Gasteiger partial charge >= 0.3 is 0 Å². The summed E-state index contributed by atoms with van der Waals surface area (Å²) >= 11 is 0. The van der Waals surface area contributed by atoms with Crippen molar-refractivity contribution >= 4 is 0 Å². The Morgan fingerprint density at radius 2 is 1.84 bits per heavy atom. The van der Waals surface area contributed by atoms with Crippen LogP contribution in [0, 0.1) is 12.3 Å². The summed E-state index contributed by atoms with van der Waals surface area (Å²) in [4.78, 5) is 0. The molecule has 1 unspecified atom stereocenters. The van der Waals surface area contributed by atoms with E-state index in [0.717, 1.165) is 5.92 Å². The van der Waals surface area contributed by atoms with Gasteiger partial charge in [0.2, 0.25) is 0 Å². The second kappa shape index (κ2) is 5.66. The van der Waals surface area contributed by atoms with Crippen molar-refractivity contribution in [3.63, 3.8) is 0 Å². The predicted octanol–water partition coefficient (Wildman–Crippen LogP) is 4.41. The number of benzene rings is 1. The highest BCUT2D eigenvalue weighted by molar-refractivity contribution is 5.28. The molecule has 1 atom stereocenters. The molecule has 19 heavy (non-hydrogen) atoms. The Labute approximate surface area is 117 Å². The molecule has 0 amide bonds. The lowest BCUT2D eigenvalue weighted by Gasteiger charge is -2.45. The van der Waals surface area contributed by atoms with Gasteiger partial charge in [-0.1, -0.05) is 55.5 Å². The van der Waals surface area contributed by atoms with Crippen molar-refractivity contribution in [1.82, 2.24) is 5.32 Å². The van der Waals surface area contributed by atoms with Gasteiger partial charge in [-0.3, -0.25) is 0 Å². The zero-order valence-electron chi connectivity index (χ0n) is 12.3. The SMILES string of the molecule is Cc1cccc(C2CNCCC23CCCCCC3)c1. The van der Waals surface area contributed by atoms with Crippen molar-refractivity contribution in [2.24, 2.45) is 5.41 Å². The number of hydrogen-bond acceptors (Lipinski definition) is 1. The molecule has 1 aliphatic heterocycles. The third-order valence-corrected chi connectivity index (χ3v) is 5.43. The van der Waals surface area contributed by atoms with Gasteiger partial charge in [-0.05, 0) is 43.7 Å². The average Bonchev–Trinajstić information content (AvgIpc) is 2.66. The van der Waals surface area contributed by atoms with E-state index in [2.05, 4.69) is 36.5 Å². The number of hydrogen-bond donors (Lipinski definition) is 1. The van der Waals surface area contributed by atoms with Gasteiger partial charge in [-0.15, -0.1) is 0 Å². The Morgan fingerprint density at radius 3 is 2.58 bits per heavy atom. The van der Waals surface area contributed by atoms with Gasteiger partial charge in [0.1, 0.15) is 0 Å². The molecule has 1 nitrogen and oxygen atoms in total.